The monoisotopic (exact) mass is 390 g/mol. The molecule has 0 atom stereocenters. The third-order valence-corrected chi connectivity index (χ3v) is 5.04. The highest BCUT2D eigenvalue weighted by Gasteiger charge is 2.12. The Morgan fingerprint density at radius 3 is 2.70 bits per heavy atom. The van der Waals surface area contributed by atoms with Gasteiger partial charge in [-0.3, -0.25) is 0 Å². The van der Waals surface area contributed by atoms with E-state index < -0.39 is 5.97 Å². The van der Waals surface area contributed by atoms with Crippen molar-refractivity contribution in [1.82, 2.24) is 0 Å². The van der Waals surface area contributed by atoms with Gasteiger partial charge in [0, 0.05) is 15.1 Å². The van der Waals surface area contributed by atoms with Gasteiger partial charge in [0.25, 0.3) is 0 Å². The maximum absolute atomic E-state index is 11.2. The average molecular weight is 392 g/mol. The van der Waals surface area contributed by atoms with Crippen LogP contribution < -0.4 is 0 Å². The number of aromatic carboxylic acids is 1. The van der Waals surface area contributed by atoms with Crippen molar-refractivity contribution < 1.29 is 9.90 Å². The van der Waals surface area contributed by atoms with Crippen LogP contribution in [0.15, 0.2) is 45.8 Å². The zero-order chi connectivity index (χ0) is 14.7. The molecule has 2 rings (SSSR count). The molecule has 20 heavy (non-hydrogen) atoms. The van der Waals surface area contributed by atoms with Gasteiger partial charge in [-0.1, -0.05) is 51.3 Å². The number of hydrogen-bond acceptors (Lipinski definition) is 2. The third-order valence-electron chi connectivity index (χ3n) is 2.59. The first-order valence-electron chi connectivity index (χ1n) is 5.57. The van der Waals surface area contributed by atoms with Gasteiger partial charge in [-0.25, -0.2) is 4.79 Å². The maximum Gasteiger partial charge on any atom is 0.336 e. The summed E-state index contributed by atoms with van der Waals surface area (Å²) >= 11 is 16.8. The fourth-order valence-corrected chi connectivity index (χ4v) is 3.66. The predicted molar refractivity (Wildman–Crippen MR) is 87.1 cm³/mol. The number of carbonyl (C=O) groups is 1. The van der Waals surface area contributed by atoms with Crippen LogP contribution in [-0.4, -0.2) is 11.1 Å². The van der Waals surface area contributed by atoms with Crippen LogP contribution in [0.25, 0.3) is 0 Å². The summed E-state index contributed by atoms with van der Waals surface area (Å²) in [4.78, 5) is 11.9. The molecule has 0 saturated carbocycles. The molecule has 104 valence electrons. The lowest BCUT2D eigenvalue weighted by molar-refractivity contribution is 0.0693. The minimum Gasteiger partial charge on any atom is -0.478 e. The molecule has 0 aliphatic rings. The molecule has 2 aromatic carbocycles. The Balaban J connectivity index is 2.24. The van der Waals surface area contributed by atoms with E-state index in [0.717, 1.165) is 10.0 Å². The van der Waals surface area contributed by atoms with Gasteiger partial charge in [0.05, 0.1) is 15.6 Å². The van der Waals surface area contributed by atoms with E-state index in [1.807, 2.05) is 12.1 Å². The second-order valence-electron chi connectivity index (χ2n) is 3.95. The lowest BCUT2D eigenvalue weighted by Gasteiger charge is -2.08. The molecule has 0 unspecified atom stereocenters. The maximum atomic E-state index is 11.2. The zero-order valence-electron chi connectivity index (χ0n) is 10.1. The van der Waals surface area contributed by atoms with Crippen LogP contribution in [0.3, 0.4) is 0 Å². The van der Waals surface area contributed by atoms with Gasteiger partial charge in [-0.2, -0.15) is 0 Å². The van der Waals surface area contributed by atoms with Crippen LogP contribution in [-0.2, 0) is 5.75 Å². The number of halogens is 3. The molecule has 0 bridgehead atoms. The van der Waals surface area contributed by atoms with Crippen molar-refractivity contribution in [1.29, 1.82) is 0 Å². The van der Waals surface area contributed by atoms with Gasteiger partial charge in [-0.15, -0.1) is 11.8 Å². The highest BCUT2D eigenvalue weighted by atomic mass is 79.9. The van der Waals surface area contributed by atoms with Crippen molar-refractivity contribution in [3.8, 4) is 0 Å². The van der Waals surface area contributed by atoms with E-state index in [0.29, 0.717) is 20.7 Å². The molecular formula is C14H9BrCl2O2S. The Kier molecular flexibility index (Phi) is 5.38. The Labute approximate surface area is 139 Å². The van der Waals surface area contributed by atoms with Gasteiger partial charge >= 0.3 is 5.97 Å². The second-order valence-corrected chi connectivity index (χ2v) is 6.67. The first kappa shape index (κ1) is 15.7. The van der Waals surface area contributed by atoms with Crippen molar-refractivity contribution in [2.45, 2.75) is 10.6 Å². The lowest BCUT2D eigenvalue weighted by Crippen LogP contribution is -1.98. The molecule has 1 N–H and O–H groups in total. The first-order chi connectivity index (χ1) is 9.49. The summed E-state index contributed by atoms with van der Waals surface area (Å²) in [5, 5.41) is 10.2. The normalized spacial score (nSPS) is 10.6. The Bertz CT molecular complexity index is 662. The summed E-state index contributed by atoms with van der Waals surface area (Å²) < 4.78 is 0.835. The quantitative estimate of drug-likeness (QED) is 0.674. The van der Waals surface area contributed by atoms with Gasteiger partial charge in [0.15, 0.2) is 0 Å². The fourth-order valence-electron chi connectivity index (χ4n) is 1.61. The van der Waals surface area contributed by atoms with E-state index in [4.69, 9.17) is 23.2 Å². The molecule has 0 saturated heterocycles. The summed E-state index contributed by atoms with van der Waals surface area (Å²) in [6.07, 6.45) is 0. The minimum atomic E-state index is -0.947. The van der Waals surface area contributed by atoms with Crippen molar-refractivity contribution in [3.05, 3.63) is 62.0 Å². The van der Waals surface area contributed by atoms with E-state index in [2.05, 4.69) is 15.9 Å². The molecule has 0 amide bonds. The molecule has 0 aromatic heterocycles. The number of carboxylic acids is 1. The number of rotatable bonds is 4. The Morgan fingerprint density at radius 1 is 1.25 bits per heavy atom. The lowest BCUT2D eigenvalue weighted by atomic mass is 10.2. The molecule has 0 aliphatic carbocycles. The van der Waals surface area contributed by atoms with Crippen molar-refractivity contribution in [2.24, 2.45) is 0 Å². The topological polar surface area (TPSA) is 37.3 Å². The molecule has 0 radical (unpaired) electrons. The third kappa shape index (κ3) is 3.70. The molecule has 0 spiro atoms. The summed E-state index contributed by atoms with van der Waals surface area (Å²) in [6.45, 7) is 0. The average Bonchev–Trinajstić information content (AvgIpc) is 2.40. The smallest absolute Gasteiger partial charge is 0.336 e. The summed E-state index contributed by atoms with van der Waals surface area (Å²) in [5.41, 5.74) is 1.15. The zero-order valence-corrected chi connectivity index (χ0v) is 14.0. The predicted octanol–water partition coefficient (Wildman–Crippen LogP) is 5.75. The molecule has 0 fully saturated rings. The molecule has 0 aliphatic heterocycles. The number of thioether (sulfide) groups is 1. The van der Waals surface area contributed by atoms with Gasteiger partial charge in [0.2, 0.25) is 0 Å². The number of benzene rings is 2. The van der Waals surface area contributed by atoms with Crippen molar-refractivity contribution in [2.75, 3.05) is 0 Å². The summed E-state index contributed by atoms with van der Waals surface area (Å²) in [7, 11) is 0. The van der Waals surface area contributed by atoms with E-state index >= 15 is 0 Å². The van der Waals surface area contributed by atoms with Crippen molar-refractivity contribution in [3.63, 3.8) is 0 Å². The molecule has 2 nitrogen and oxygen atoms in total. The van der Waals surface area contributed by atoms with Crippen molar-refractivity contribution >= 4 is 56.9 Å². The van der Waals surface area contributed by atoms with Crippen LogP contribution in [0.2, 0.25) is 10.0 Å². The van der Waals surface area contributed by atoms with Crippen LogP contribution >= 0.6 is 50.9 Å². The molecule has 2 aromatic rings. The van der Waals surface area contributed by atoms with Crippen LogP contribution in [0, 0.1) is 0 Å². The summed E-state index contributed by atoms with van der Waals surface area (Å²) in [6, 6.07) is 10.5. The van der Waals surface area contributed by atoms with E-state index in [9.17, 15) is 9.90 Å². The Morgan fingerprint density at radius 2 is 2.00 bits per heavy atom. The van der Waals surface area contributed by atoms with Crippen LogP contribution in [0.4, 0.5) is 0 Å². The van der Waals surface area contributed by atoms with Crippen LogP contribution in [0.1, 0.15) is 15.9 Å². The highest BCUT2D eigenvalue weighted by Crippen LogP contribution is 2.33. The summed E-state index contributed by atoms with van der Waals surface area (Å²) in [5.74, 6) is -0.395. The van der Waals surface area contributed by atoms with Gasteiger partial charge in [0.1, 0.15) is 0 Å². The van der Waals surface area contributed by atoms with Gasteiger partial charge in [-0.05, 0) is 29.8 Å². The molecular weight excluding hydrogens is 383 g/mol. The van der Waals surface area contributed by atoms with E-state index in [-0.39, 0.29) is 5.56 Å². The SMILES string of the molecule is O=C(O)c1ccc(Br)cc1SCc1cccc(Cl)c1Cl. The largest absolute Gasteiger partial charge is 0.478 e. The number of carboxylic acid groups (broad SMARTS) is 1. The molecule has 0 heterocycles. The second kappa shape index (κ2) is 6.85. The van der Waals surface area contributed by atoms with Crippen LogP contribution in [0.5, 0.6) is 0 Å². The highest BCUT2D eigenvalue weighted by molar-refractivity contribution is 9.10. The first-order valence-corrected chi connectivity index (χ1v) is 8.11. The fraction of sp³-hybridized carbons (Fsp3) is 0.0714. The number of hydrogen-bond donors (Lipinski definition) is 1. The minimum absolute atomic E-state index is 0.274. The standard InChI is InChI=1S/C14H9BrCl2O2S/c15-9-4-5-10(14(18)19)12(6-9)20-7-8-2-1-3-11(16)13(8)17/h1-6H,7H2,(H,18,19). The Hall–Kier alpha value is -0.680. The van der Waals surface area contributed by atoms with E-state index in [1.54, 1.807) is 24.3 Å². The van der Waals surface area contributed by atoms with Gasteiger partial charge < -0.3 is 5.11 Å². The van der Waals surface area contributed by atoms with E-state index in [1.165, 1.54) is 11.8 Å². The molecule has 6 heteroatoms.